The standard InChI is InChI=1S/C16H19N3O/c1-11(10-17)8-16-18-6-4-14(19-16)12-2-3-15-13(9-12)5-7-20-15/h2-4,6,9,11H,5,7-8,10,17H2,1H3. The minimum Gasteiger partial charge on any atom is -0.493 e. The molecule has 2 N–H and O–H groups in total. The maximum atomic E-state index is 5.66. The molecular weight excluding hydrogens is 250 g/mol. The van der Waals surface area contributed by atoms with Crippen LogP contribution in [0.2, 0.25) is 0 Å². The van der Waals surface area contributed by atoms with Crippen LogP contribution in [0.3, 0.4) is 0 Å². The van der Waals surface area contributed by atoms with E-state index in [-0.39, 0.29) is 0 Å². The van der Waals surface area contributed by atoms with Gasteiger partial charge in [-0.25, -0.2) is 9.97 Å². The predicted molar refractivity (Wildman–Crippen MR) is 78.6 cm³/mol. The molecule has 2 aromatic rings. The Morgan fingerprint density at radius 3 is 3.10 bits per heavy atom. The van der Waals surface area contributed by atoms with Crippen molar-refractivity contribution in [2.24, 2.45) is 11.7 Å². The fraction of sp³-hybridized carbons (Fsp3) is 0.375. The van der Waals surface area contributed by atoms with Crippen LogP contribution in [-0.2, 0) is 12.8 Å². The van der Waals surface area contributed by atoms with Crippen molar-refractivity contribution in [2.75, 3.05) is 13.2 Å². The van der Waals surface area contributed by atoms with Gasteiger partial charge in [0.25, 0.3) is 0 Å². The van der Waals surface area contributed by atoms with Gasteiger partial charge in [0.05, 0.1) is 12.3 Å². The monoisotopic (exact) mass is 269 g/mol. The second kappa shape index (κ2) is 5.59. The lowest BCUT2D eigenvalue weighted by Crippen LogP contribution is -2.14. The summed E-state index contributed by atoms with van der Waals surface area (Å²) in [6.07, 6.45) is 3.62. The third-order valence-corrected chi connectivity index (χ3v) is 3.62. The maximum absolute atomic E-state index is 5.66. The molecule has 0 aliphatic carbocycles. The van der Waals surface area contributed by atoms with Gasteiger partial charge in [-0.3, -0.25) is 0 Å². The van der Waals surface area contributed by atoms with Crippen molar-refractivity contribution >= 4 is 0 Å². The van der Waals surface area contributed by atoms with E-state index in [1.165, 1.54) is 5.56 Å². The molecule has 1 unspecified atom stereocenters. The average molecular weight is 269 g/mol. The van der Waals surface area contributed by atoms with Crippen molar-refractivity contribution in [3.8, 4) is 17.0 Å². The molecule has 0 saturated carbocycles. The molecule has 2 heterocycles. The fourth-order valence-corrected chi connectivity index (χ4v) is 2.40. The van der Waals surface area contributed by atoms with Crippen LogP contribution < -0.4 is 10.5 Å². The minimum absolute atomic E-state index is 0.402. The molecule has 1 aromatic heterocycles. The summed E-state index contributed by atoms with van der Waals surface area (Å²) in [6, 6.07) is 8.21. The van der Waals surface area contributed by atoms with Crippen molar-refractivity contribution in [1.82, 2.24) is 9.97 Å². The number of aromatic nitrogens is 2. The lowest BCUT2D eigenvalue weighted by Gasteiger charge is -2.08. The summed E-state index contributed by atoms with van der Waals surface area (Å²) < 4.78 is 5.53. The summed E-state index contributed by atoms with van der Waals surface area (Å²) in [5, 5.41) is 0. The number of benzene rings is 1. The van der Waals surface area contributed by atoms with Gasteiger partial charge in [-0.05, 0) is 42.3 Å². The van der Waals surface area contributed by atoms with Crippen LogP contribution in [-0.4, -0.2) is 23.1 Å². The Labute approximate surface area is 119 Å². The summed E-state index contributed by atoms with van der Waals surface area (Å²) in [6.45, 7) is 3.55. The SMILES string of the molecule is CC(CN)Cc1nccc(-c2ccc3c(c2)CCO3)n1. The van der Waals surface area contributed by atoms with E-state index >= 15 is 0 Å². The first-order valence-corrected chi connectivity index (χ1v) is 7.04. The second-order valence-corrected chi connectivity index (χ2v) is 5.32. The molecule has 1 atom stereocenters. The molecule has 0 bridgehead atoms. The van der Waals surface area contributed by atoms with Gasteiger partial charge in [0.2, 0.25) is 0 Å². The first-order chi connectivity index (χ1) is 9.76. The molecule has 20 heavy (non-hydrogen) atoms. The Bertz CT molecular complexity index is 612. The molecule has 4 heteroatoms. The van der Waals surface area contributed by atoms with Crippen LogP contribution >= 0.6 is 0 Å². The van der Waals surface area contributed by atoms with Crippen LogP contribution in [0.15, 0.2) is 30.5 Å². The van der Waals surface area contributed by atoms with Crippen LogP contribution in [0.25, 0.3) is 11.3 Å². The van der Waals surface area contributed by atoms with Crippen LogP contribution in [0, 0.1) is 5.92 Å². The highest BCUT2D eigenvalue weighted by molar-refractivity contribution is 5.62. The van der Waals surface area contributed by atoms with Gasteiger partial charge in [0, 0.05) is 24.6 Å². The zero-order chi connectivity index (χ0) is 13.9. The summed E-state index contributed by atoms with van der Waals surface area (Å²) >= 11 is 0. The van der Waals surface area contributed by atoms with Gasteiger partial charge in [-0.15, -0.1) is 0 Å². The molecule has 0 radical (unpaired) electrons. The van der Waals surface area contributed by atoms with E-state index < -0.39 is 0 Å². The number of hydrogen-bond donors (Lipinski definition) is 1. The quantitative estimate of drug-likeness (QED) is 0.924. The van der Waals surface area contributed by atoms with E-state index in [9.17, 15) is 0 Å². The smallest absolute Gasteiger partial charge is 0.129 e. The maximum Gasteiger partial charge on any atom is 0.129 e. The number of hydrogen-bond acceptors (Lipinski definition) is 4. The van der Waals surface area contributed by atoms with E-state index in [2.05, 4.69) is 29.0 Å². The number of fused-ring (bicyclic) bond motifs is 1. The van der Waals surface area contributed by atoms with Crippen molar-refractivity contribution in [2.45, 2.75) is 19.8 Å². The Kier molecular flexibility index (Phi) is 3.65. The Balaban J connectivity index is 1.88. The first-order valence-electron chi connectivity index (χ1n) is 7.04. The van der Waals surface area contributed by atoms with E-state index in [0.29, 0.717) is 12.5 Å². The van der Waals surface area contributed by atoms with Gasteiger partial charge >= 0.3 is 0 Å². The molecule has 1 aliphatic heterocycles. The largest absolute Gasteiger partial charge is 0.493 e. The molecule has 0 saturated heterocycles. The van der Waals surface area contributed by atoms with Gasteiger partial charge in [-0.1, -0.05) is 6.92 Å². The van der Waals surface area contributed by atoms with Gasteiger partial charge < -0.3 is 10.5 Å². The highest BCUT2D eigenvalue weighted by atomic mass is 16.5. The summed E-state index contributed by atoms with van der Waals surface area (Å²) in [5.41, 5.74) is 9.01. The average Bonchev–Trinajstić information content (AvgIpc) is 2.94. The molecule has 1 aliphatic rings. The molecule has 104 valence electrons. The zero-order valence-electron chi connectivity index (χ0n) is 11.7. The van der Waals surface area contributed by atoms with E-state index in [0.717, 1.165) is 42.3 Å². The number of rotatable bonds is 4. The minimum atomic E-state index is 0.402. The van der Waals surface area contributed by atoms with Crippen LogP contribution in [0.4, 0.5) is 0 Å². The molecule has 0 amide bonds. The summed E-state index contributed by atoms with van der Waals surface area (Å²) in [7, 11) is 0. The Hall–Kier alpha value is -1.94. The third kappa shape index (κ3) is 2.65. The predicted octanol–water partition coefficient (Wildman–Crippen LogP) is 2.22. The van der Waals surface area contributed by atoms with Crippen molar-refractivity contribution in [1.29, 1.82) is 0 Å². The van der Waals surface area contributed by atoms with Crippen molar-refractivity contribution in [3.63, 3.8) is 0 Å². The van der Waals surface area contributed by atoms with Gasteiger partial charge in [0.1, 0.15) is 11.6 Å². The van der Waals surface area contributed by atoms with Gasteiger partial charge in [-0.2, -0.15) is 0 Å². The zero-order valence-corrected chi connectivity index (χ0v) is 11.7. The number of nitrogens with zero attached hydrogens (tertiary/aromatic N) is 2. The molecule has 3 rings (SSSR count). The number of ether oxygens (including phenoxy) is 1. The lowest BCUT2D eigenvalue weighted by molar-refractivity contribution is 0.357. The van der Waals surface area contributed by atoms with E-state index in [1.54, 1.807) is 0 Å². The fourth-order valence-electron chi connectivity index (χ4n) is 2.40. The number of nitrogens with two attached hydrogens (primary N) is 1. The van der Waals surface area contributed by atoms with Gasteiger partial charge in [0.15, 0.2) is 0 Å². The summed E-state index contributed by atoms with van der Waals surface area (Å²) in [5.74, 6) is 2.26. The second-order valence-electron chi connectivity index (χ2n) is 5.32. The van der Waals surface area contributed by atoms with Crippen LogP contribution in [0.1, 0.15) is 18.3 Å². The molecule has 0 spiro atoms. The molecular formula is C16H19N3O. The normalized spacial score (nSPS) is 14.7. The topological polar surface area (TPSA) is 61.0 Å². The highest BCUT2D eigenvalue weighted by Crippen LogP contribution is 2.29. The third-order valence-electron chi connectivity index (χ3n) is 3.62. The molecule has 1 aromatic carbocycles. The van der Waals surface area contributed by atoms with Crippen molar-refractivity contribution < 1.29 is 4.74 Å². The van der Waals surface area contributed by atoms with E-state index in [1.807, 2.05) is 18.3 Å². The van der Waals surface area contributed by atoms with Crippen molar-refractivity contribution in [3.05, 3.63) is 41.9 Å². The van der Waals surface area contributed by atoms with E-state index in [4.69, 9.17) is 10.5 Å². The molecule has 0 fully saturated rings. The summed E-state index contributed by atoms with van der Waals surface area (Å²) in [4.78, 5) is 8.98. The van der Waals surface area contributed by atoms with Crippen LogP contribution in [0.5, 0.6) is 5.75 Å². The Morgan fingerprint density at radius 2 is 2.25 bits per heavy atom. The lowest BCUT2D eigenvalue weighted by atomic mass is 10.1. The first kappa shape index (κ1) is 13.1. The Morgan fingerprint density at radius 1 is 1.35 bits per heavy atom. The molecule has 4 nitrogen and oxygen atoms in total. The highest BCUT2D eigenvalue weighted by Gasteiger charge is 2.13.